The van der Waals surface area contributed by atoms with Gasteiger partial charge < -0.3 is 14.6 Å². The summed E-state index contributed by atoms with van der Waals surface area (Å²) in [5.41, 5.74) is 1.10. The summed E-state index contributed by atoms with van der Waals surface area (Å²) in [6, 6.07) is 9.32. The topological polar surface area (TPSA) is 38.7 Å². The number of rotatable bonds is 2. The molecule has 1 aliphatic heterocycles. The average Bonchev–Trinajstić information content (AvgIpc) is 2.86. The van der Waals surface area contributed by atoms with Gasteiger partial charge in [0.05, 0.1) is 4.47 Å². The molecule has 1 heterocycles. The molecule has 0 radical (unpaired) electrons. The Labute approximate surface area is 117 Å². The molecule has 0 aliphatic carbocycles. The van der Waals surface area contributed by atoms with Crippen LogP contribution in [0.25, 0.3) is 0 Å². The molecule has 3 rings (SSSR count). The van der Waals surface area contributed by atoms with E-state index >= 15 is 0 Å². The molecule has 98 valence electrons. The van der Waals surface area contributed by atoms with E-state index in [2.05, 4.69) is 15.9 Å². The Bertz CT molecular complexity index is 630. The van der Waals surface area contributed by atoms with Gasteiger partial charge in [-0.2, -0.15) is 0 Å². The molecular formula is C14H10BrFO3. The van der Waals surface area contributed by atoms with Gasteiger partial charge in [-0.3, -0.25) is 0 Å². The molecular weight excluding hydrogens is 315 g/mol. The van der Waals surface area contributed by atoms with Crippen LogP contribution >= 0.6 is 15.9 Å². The predicted molar refractivity (Wildman–Crippen MR) is 70.7 cm³/mol. The highest BCUT2D eigenvalue weighted by molar-refractivity contribution is 9.10. The van der Waals surface area contributed by atoms with Crippen LogP contribution < -0.4 is 9.47 Å². The van der Waals surface area contributed by atoms with Crippen molar-refractivity contribution in [3.05, 3.63) is 57.8 Å². The second-order valence-electron chi connectivity index (χ2n) is 4.19. The van der Waals surface area contributed by atoms with E-state index in [1.165, 1.54) is 12.1 Å². The fourth-order valence-corrected chi connectivity index (χ4v) is 2.59. The summed E-state index contributed by atoms with van der Waals surface area (Å²) in [6.07, 6.45) is -0.915. The van der Waals surface area contributed by atoms with Crippen LogP contribution in [0.2, 0.25) is 0 Å². The van der Waals surface area contributed by atoms with E-state index in [1.807, 2.05) is 0 Å². The summed E-state index contributed by atoms with van der Waals surface area (Å²) in [6.45, 7) is 0.160. The van der Waals surface area contributed by atoms with Crippen molar-refractivity contribution in [2.75, 3.05) is 6.79 Å². The number of aliphatic hydroxyl groups excluding tert-OH is 1. The molecule has 1 unspecified atom stereocenters. The zero-order valence-corrected chi connectivity index (χ0v) is 11.4. The van der Waals surface area contributed by atoms with Crippen molar-refractivity contribution in [1.29, 1.82) is 0 Å². The second-order valence-corrected chi connectivity index (χ2v) is 5.05. The summed E-state index contributed by atoms with van der Waals surface area (Å²) < 4.78 is 24.4. The van der Waals surface area contributed by atoms with Gasteiger partial charge in [-0.25, -0.2) is 4.39 Å². The van der Waals surface area contributed by atoms with Gasteiger partial charge in [0.15, 0.2) is 11.5 Å². The van der Waals surface area contributed by atoms with Crippen molar-refractivity contribution >= 4 is 15.9 Å². The standard InChI is InChI=1S/C14H10BrFO3/c15-11-5-9(6-12-14(11)19-7-18-12)13(17)8-2-1-3-10(16)4-8/h1-6,13,17H,7H2. The van der Waals surface area contributed by atoms with E-state index in [0.29, 0.717) is 27.1 Å². The van der Waals surface area contributed by atoms with Crippen molar-refractivity contribution in [3.63, 3.8) is 0 Å². The number of hydrogen-bond donors (Lipinski definition) is 1. The maximum Gasteiger partial charge on any atom is 0.231 e. The van der Waals surface area contributed by atoms with E-state index in [1.54, 1.807) is 24.3 Å². The number of benzene rings is 2. The first-order valence-electron chi connectivity index (χ1n) is 5.68. The highest BCUT2D eigenvalue weighted by Crippen LogP contribution is 2.42. The quantitative estimate of drug-likeness (QED) is 0.920. The van der Waals surface area contributed by atoms with Crippen molar-refractivity contribution in [1.82, 2.24) is 0 Å². The first-order valence-corrected chi connectivity index (χ1v) is 6.47. The number of hydrogen-bond acceptors (Lipinski definition) is 3. The van der Waals surface area contributed by atoms with Crippen molar-refractivity contribution < 1.29 is 19.0 Å². The first-order chi connectivity index (χ1) is 9.15. The molecule has 1 N–H and O–H groups in total. The third-order valence-electron chi connectivity index (χ3n) is 2.93. The molecule has 0 fully saturated rings. The van der Waals surface area contributed by atoms with E-state index in [9.17, 15) is 9.50 Å². The minimum Gasteiger partial charge on any atom is -0.454 e. The Hall–Kier alpha value is -1.59. The summed E-state index contributed by atoms with van der Waals surface area (Å²) >= 11 is 3.36. The first kappa shape index (κ1) is 12.4. The zero-order valence-electron chi connectivity index (χ0n) is 9.77. The fraction of sp³-hybridized carbons (Fsp3) is 0.143. The monoisotopic (exact) mass is 324 g/mol. The lowest BCUT2D eigenvalue weighted by Crippen LogP contribution is -2.00. The van der Waals surface area contributed by atoms with E-state index < -0.39 is 6.10 Å². The van der Waals surface area contributed by atoms with E-state index in [4.69, 9.17) is 9.47 Å². The summed E-state index contributed by atoms with van der Waals surface area (Å²) in [4.78, 5) is 0. The van der Waals surface area contributed by atoms with Gasteiger partial charge in [0.25, 0.3) is 0 Å². The van der Waals surface area contributed by atoms with Crippen LogP contribution in [0.4, 0.5) is 4.39 Å². The molecule has 0 bridgehead atoms. The molecule has 0 saturated heterocycles. The summed E-state index contributed by atoms with van der Waals surface area (Å²) in [5.74, 6) is 0.811. The smallest absolute Gasteiger partial charge is 0.231 e. The Kier molecular flexibility index (Phi) is 3.16. The Morgan fingerprint density at radius 2 is 2.00 bits per heavy atom. The van der Waals surface area contributed by atoms with Gasteiger partial charge in [0, 0.05) is 0 Å². The minimum atomic E-state index is -0.915. The van der Waals surface area contributed by atoms with Crippen LogP contribution in [0.1, 0.15) is 17.2 Å². The summed E-state index contributed by atoms with van der Waals surface area (Å²) in [7, 11) is 0. The molecule has 1 atom stereocenters. The zero-order chi connectivity index (χ0) is 13.4. The Balaban J connectivity index is 2.00. The van der Waals surface area contributed by atoms with Gasteiger partial charge in [-0.15, -0.1) is 0 Å². The molecule has 0 amide bonds. The molecule has 2 aromatic carbocycles. The Morgan fingerprint density at radius 3 is 2.79 bits per heavy atom. The van der Waals surface area contributed by atoms with Gasteiger partial charge in [0.2, 0.25) is 6.79 Å². The fourth-order valence-electron chi connectivity index (χ4n) is 2.01. The number of ether oxygens (including phenoxy) is 2. The third kappa shape index (κ3) is 2.31. The SMILES string of the molecule is OC(c1cccc(F)c1)c1cc(Br)c2c(c1)OCO2. The van der Waals surface area contributed by atoms with E-state index in [0.717, 1.165) is 0 Å². The molecule has 0 saturated carbocycles. The van der Waals surface area contributed by atoms with Crippen LogP contribution in [-0.4, -0.2) is 11.9 Å². The highest BCUT2D eigenvalue weighted by atomic mass is 79.9. The van der Waals surface area contributed by atoms with Gasteiger partial charge in [0.1, 0.15) is 11.9 Å². The van der Waals surface area contributed by atoms with Crippen LogP contribution in [0.3, 0.4) is 0 Å². The van der Waals surface area contributed by atoms with Crippen LogP contribution in [0.5, 0.6) is 11.5 Å². The normalized spacial score (nSPS) is 14.5. The van der Waals surface area contributed by atoms with E-state index in [-0.39, 0.29) is 12.6 Å². The molecule has 19 heavy (non-hydrogen) atoms. The number of fused-ring (bicyclic) bond motifs is 1. The molecule has 5 heteroatoms. The predicted octanol–water partition coefficient (Wildman–Crippen LogP) is 3.40. The van der Waals surface area contributed by atoms with Crippen LogP contribution in [-0.2, 0) is 0 Å². The molecule has 3 nitrogen and oxygen atoms in total. The number of aliphatic hydroxyl groups is 1. The van der Waals surface area contributed by atoms with Crippen molar-refractivity contribution in [3.8, 4) is 11.5 Å². The maximum absolute atomic E-state index is 13.2. The largest absolute Gasteiger partial charge is 0.454 e. The molecule has 0 aromatic heterocycles. The lowest BCUT2D eigenvalue weighted by molar-refractivity contribution is 0.173. The lowest BCUT2D eigenvalue weighted by atomic mass is 10.0. The van der Waals surface area contributed by atoms with Gasteiger partial charge >= 0.3 is 0 Å². The maximum atomic E-state index is 13.2. The van der Waals surface area contributed by atoms with Gasteiger partial charge in [-0.1, -0.05) is 12.1 Å². The molecule has 1 aliphatic rings. The average molecular weight is 325 g/mol. The summed E-state index contributed by atoms with van der Waals surface area (Å²) in [5, 5.41) is 10.3. The highest BCUT2D eigenvalue weighted by Gasteiger charge is 2.21. The van der Waals surface area contributed by atoms with Crippen LogP contribution in [0.15, 0.2) is 40.9 Å². The van der Waals surface area contributed by atoms with Crippen molar-refractivity contribution in [2.24, 2.45) is 0 Å². The third-order valence-corrected chi connectivity index (χ3v) is 3.52. The molecule has 0 spiro atoms. The van der Waals surface area contributed by atoms with Gasteiger partial charge in [-0.05, 0) is 51.3 Å². The molecule has 2 aromatic rings. The minimum absolute atomic E-state index is 0.160. The van der Waals surface area contributed by atoms with Crippen molar-refractivity contribution in [2.45, 2.75) is 6.10 Å². The number of halogens is 2. The Morgan fingerprint density at radius 1 is 1.16 bits per heavy atom. The van der Waals surface area contributed by atoms with Crippen LogP contribution in [0, 0.1) is 5.82 Å². The second kappa shape index (κ2) is 4.83. The lowest BCUT2D eigenvalue weighted by Gasteiger charge is -2.13.